The van der Waals surface area contributed by atoms with Gasteiger partial charge >= 0.3 is 0 Å². The van der Waals surface area contributed by atoms with E-state index in [4.69, 9.17) is 10.8 Å². The fraction of sp³-hybridized carbons (Fsp3) is 0.455. The summed E-state index contributed by atoms with van der Waals surface area (Å²) in [5, 5.41) is 8.82. The van der Waals surface area contributed by atoms with Gasteiger partial charge < -0.3 is 10.8 Å². The first-order valence-corrected chi connectivity index (χ1v) is 4.81. The SMILES string of the molecule is CC(c1cccc(N)c1)N(C)CCO. The van der Waals surface area contributed by atoms with Gasteiger partial charge in [-0.15, -0.1) is 0 Å². The molecule has 0 aliphatic carbocycles. The Labute approximate surface area is 85.2 Å². The van der Waals surface area contributed by atoms with Crippen molar-refractivity contribution in [3.63, 3.8) is 0 Å². The second-order valence-electron chi connectivity index (χ2n) is 3.55. The molecule has 0 saturated heterocycles. The molecule has 3 nitrogen and oxygen atoms in total. The highest BCUT2D eigenvalue weighted by Gasteiger charge is 2.10. The Bertz CT molecular complexity index is 288. The number of rotatable bonds is 4. The summed E-state index contributed by atoms with van der Waals surface area (Å²) >= 11 is 0. The number of hydrogen-bond acceptors (Lipinski definition) is 3. The number of aliphatic hydroxyl groups excluding tert-OH is 1. The summed E-state index contributed by atoms with van der Waals surface area (Å²) in [4.78, 5) is 2.09. The molecule has 3 N–H and O–H groups in total. The lowest BCUT2D eigenvalue weighted by Gasteiger charge is -2.24. The molecule has 0 aliphatic rings. The van der Waals surface area contributed by atoms with Gasteiger partial charge in [0.25, 0.3) is 0 Å². The number of likely N-dealkylation sites (N-methyl/N-ethyl adjacent to an activating group) is 1. The topological polar surface area (TPSA) is 49.5 Å². The maximum Gasteiger partial charge on any atom is 0.0558 e. The van der Waals surface area contributed by atoms with Crippen LogP contribution in [0.2, 0.25) is 0 Å². The van der Waals surface area contributed by atoms with Crippen LogP contribution in [-0.2, 0) is 0 Å². The molecule has 0 fully saturated rings. The van der Waals surface area contributed by atoms with Gasteiger partial charge in [-0.2, -0.15) is 0 Å². The normalized spacial score (nSPS) is 13.1. The summed E-state index contributed by atoms with van der Waals surface area (Å²) < 4.78 is 0. The highest BCUT2D eigenvalue weighted by atomic mass is 16.3. The summed E-state index contributed by atoms with van der Waals surface area (Å²) in [5.41, 5.74) is 7.67. The Morgan fingerprint density at radius 1 is 1.50 bits per heavy atom. The van der Waals surface area contributed by atoms with Crippen molar-refractivity contribution in [2.45, 2.75) is 13.0 Å². The monoisotopic (exact) mass is 194 g/mol. The minimum Gasteiger partial charge on any atom is -0.399 e. The van der Waals surface area contributed by atoms with Crippen LogP contribution in [0.4, 0.5) is 5.69 Å². The first-order valence-electron chi connectivity index (χ1n) is 4.81. The minimum absolute atomic E-state index is 0.184. The van der Waals surface area contributed by atoms with Gasteiger partial charge in [0.2, 0.25) is 0 Å². The molecule has 0 saturated carbocycles. The van der Waals surface area contributed by atoms with Crippen LogP contribution in [0, 0.1) is 0 Å². The molecule has 0 spiro atoms. The van der Waals surface area contributed by atoms with E-state index in [0.717, 1.165) is 5.69 Å². The first-order chi connectivity index (χ1) is 6.65. The lowest BCUT2D eigenvalue weighted by molar-refractivity contribution is 0.189. The van der Waals surface area contributed by atoms with E-state index in [9.17, 15) is 0 Å². The van der Waals surface area contributed by atoms with Crippen LogP contribution in [0.3, 0.4) is 0 Å². The number of nitrogens with two attached hydrogens (primary N) is 1. The van der Waals surface area contributed by atoms with E-state index in [2.05, 4.69) is 17.9 Å². The van der Waals surface area contributed by atoms with Crippen LogP contribution < -0.4 is 5.73 Å². The number of aliphatic hydroxyl groups is 1. The number of nitrogens with zero attached hydrogens (tertiary/aromatic N) is 1. The predicted molar refractivity (Wildman–Crippen MR) is 59.0 cm³/mol. The van der Waals surface area contributed by atoms with Gasteiger partial charge in [0, 0.05) is 18.3 Å². The fourth-order valence-corrected chi connectivity index (χ4v) is 1.42. The van der Waals surface area contributed by atoms with E-state index in [-0.39, 0.29) is 12.6 Å². The zero-order valence-corrected chi connectivity index (χ0v) is 8.77. The highest BCUT2D eigenvalue weighted by Crippen LogP contribution is 2.19. The molecular formula is C11H18N2O. The molecule has 14 heavy (non-hydrogen) atoms. The average molecular weight is 194 g/mol. The molecule has 78 valence electrons. The summed E-state index contributed by atoms with van der Waals surface area (Å²) in [6.07, 6.45) is 0. The van der Waals surface area contributed by atoms with Gasteiger partial charge in [-0.05, 0) is 31.7 Å². The van der Waals surface area contributed by atoms with Gasteiger partial charge in [0.1, 0.15) is 0 Å². The molecular weight excluding hydrogens is 176 g/mol. The Hall–Kier alpha value is -1.06. The number of hydrogen-bond donors (Lipinski definition) is 2. The van der Waals surface area contributed by atoms with Crippen LogP contribution in [0.15, 0.2) is 24.3 Å². The van der Waals surface area contributed by atoms with Crippen LogP contribution in [0.1, 0.15) is 18.5 Å². The molecule has 0 radical (unpaired) electrons. The Morgan fingerprint density at radius 2 is 2.21 bits per heavy atom. The zero-order chi connectivity index (χ0) is 10.6. The van der Waals surface area contributed by atoms with Crippen molar-refractivity contribution in [1.29, 1.82) is 0 Å². The summed E-state index contributed by atoms with van der Waals surface area (Å²) in [5.74, 6) is 0. The molecule has 0 aliphatic heterocycles. The van der Waals surface area contributed by atoms with Crippen LogP contribution in [0.5, 0.6) is 0 Å². The third-order valence-electron chi connectivity index (χ3n) is 2.51. The molecule has 1 aromatic rings. The Balaban J connectivity index is 2.73. The second kappa shape index (κ2) is 4.98. The summed E-state index contributed by atoms with van der Waals surface area (Å²) in [6, 6.07) is 8.13. The molecule has 0 amide bonds. The second-order valence-corrected chi connectivity index (χ2v) is 3.55. The van der Waals surface area contributed by atoms with E-state index in [1.54, 1.807) is 0 Å². The Kier molecular flexibility index (Phi) is 3.92. The quantitative estimate of drug-likeness (QED) is 0.709. The number of anilines is 1. The van der Waals surface area contributed by atoms with Crippen LogP contribution in [-0.4, -0.2) is 30.2 Å². The van der Waals surface area contributed by atoms with Crippen molar-refractivity contribution in [2.75, 3.05) is 25.9 Å². The van der Waals surface area contributed by atoms with Crippen molar-refractivity contribution in [1.82, 2.24) is 4.90 Å². The van der Waals surface area contributed by atoms with Crippen LogP contribution >= 0.6 is 0 Å². The Morgan fingerprint density at radius 3 is 2.79 bits per heavy atom. The van der Waals surface area contributed by atoms with Gasteiger partial charge in [-0.3, -0.25) is 4.90 Å². The first kappa shape index (κ1) is 11.0. The van der Waals surface area contributed by atoms with Crippen molar-refractivity contribution in [2.24, 2.45) is 0 Å². The summed E-state index contributed by atoms with van der Waals surface area (Å²) in [7, 11) is 1.99. The van der Waals surface area contributed by atoms with Crippen molar-refractivity contribution < 1.29 is 5.11 Å². The maximum atomic E-state index is 8.82. The van der Waals surface area contributed by atoms with E-state index in [0.29, 0.717) is 6.54 Å². The molecule has 0 bridgehead atoms. The van der Waals surface area contributed by atoms with Gasteiger partial charge in [-0.1, -0.05) is 12.1 Å². The van der Waals surface area contributed by atoms with Gasteiger partial charge in [-0.25, -0.2) is 0 Å². The van der Waals surface area contributed by atoms with Gasteiger partial charge in [0.05, 0.1) is 6.61 Å². The molecule has 0 aromatic heterocycles. The lowest BCUT2D eigenvalue weighted by Crippen LogP contribution is -2.25. The lowest BCUT2D eigenvalue weighted by atomic mass is 10.1. The zero-order valence-electron chi connectivity index (χ0n) is 8.77. The smallest absolute Gasteiger partial charge is 0.0558 e. The molecule has 1 aromatic carbocycles. The minimum atomic E-state index is 0.184. The van der Waals surface area contributed by atoms with E-state index in [1.165, 1.54) is 5.56 Å². The molecule has 1 rings (SSSR count). The third-order valence-corrected chi connectivity index (χ3v) is 2.51. The predicted octanol–water partition coefficient (Wildman–Crippen LogP) is 1.25. The average Bonchev–Trinajstić information content (AvgIpc) is 2.17. The van der Waals surface area contributed by atoms with Crippen molar-refractivity contribution >= 4 is 5.69 Å². The van der Waals surface area contributed by atoms with E-state index < -0.39 is 0 Å². The standard InChI is InChI=1S/C11H18N2O/c1-9(13(2)6-7-14)10-4-3-5-11(12)8-10/h3-5,8-9,14H,6-7,12H2,1-2H3. The largest absolute Gasteiger partial charge is 0.399 e. The molecule has 3 heteroatoms. The summed E-state index contributed by atoms with van der Waals surface area (Å²) in [6.45, 7) is 2.96. The van der Waals surface area contributed by atoms with E-state index >= 15 is 0 Å². The highest BCUT2D eigenvalue weighted by molar-refractivity contribution is 5.41. The third kappa shape index (κ3) is 2.72. The molecule has 1 atom stereocenters. The van der Waals surface area contributed by atoms with Crippen molar-refractivity contribution in [3.05, 3.63) is 29.8 Å². The molecule has 1 unspecified atom stereocenters. The van der Waals surface area contributed by atoms with E-state index in [1.807, 2.05) is 25.2 Å². The van der Waals surface area contributed by atoms with Crippen LogP contribution in [0.25, 0.3) is 0 Å². The van der Waals surface area contributed by atoms with Gasteiger partial charge in [0.15, 0.2) is 0 Å². The molecule has 0 heterocycles. The number of nitrogen functional groups attached to an aromatic ring is 1. The maximum absolute atomic E-state index is 8.82. The number of benzene rings is 1. The van der Waals surface area contributed by atoms with Crippen molar-refractivity contribution in [3.8, 4) is 0 Å². The fourth-order valence-electron chi connectivity index (χ4n) is 1.42.